The number of alkyl halides is 3. The highest BCUT2D eigenvalue weighted by atomic mass is 19.4. The van der Waals surface area contributed by atoms with Crippen molar-refractivity contribution < 1.29 is 27.6 Å². The Balaban J connectivity index is 1.52. The Morgan fingerprint density at radius 1 is 1.24 bits per heavy atom. The van der Waals surface area contributed by atoms with Crippen LogP contribution in [-0.2, 0) is 23.9 Å². The second-order valence-corrected chi connectivity index (χ2v) is 8.11. The van der Waals surface area contributed by atoms with E-state index in [0.717, 1.165) is 10.1 Å². The lowest BCUT2D eigenvalue weighted by Gasteiger charge is -2.29. The van der Waals surface area contributed by atoms with Crippen molar-refractivity contribution >= 4 is 5.91 Å². The number of hydrogen-bond donors (Lipinski definition) is 2. The summed E-state index contributed by atoms with van der Waals surface area (Å²) >= 11 is 0. The summed E-state index contributed by atoms with van der Waals surface area (Å²) in [6.45, 7) is 3.79. The van der Waals surface area contributed by atoms with E-state index in [1.807, 2.05) is 24.3 Å². The molecule has 1 unspecified atom stereocenters. The number of hydrogen-bond acceptors (Lipinski definition) is 6. The Bertz CT molecular complexity index is 1080. The minimum absolute atomic E-state index is 0.0548. The molecule has 0 radical (unpaired) electrons. The molecule has 2 N–H and O–H groups in total. The first-order valence-electron chi connectivity index (χ1n) is 10.5. The zero-order valence-corrected chi connectivity index (χ0v) is 18.6. The molecule has 8 nitrogen and oxygen atoms in total. The molecule has 0 spiro atoms. The Morgan fingerprint density at radius 2 is 1.94 bits per heavy atom. The van der Waals surface area contributed by atoms with E-state index in [-0.39, 0.29) is 25.3 Å². The number of aryl methyl sites for hydroxylation is 2. The number of rotatable bonds is 9. The fraction of sp³-hybridized carbons (Fsp3) is 0.455. The number of aliphatic hydroxyl groups is 1. The van der Waals surface area contributed by atoms with Crippen LogP contribution in [0.25, 0.3) is 11.4 Å². The maximum Gasteiger partial charge on any atom is 0.424 e. The smallest absolute Gasteiger partial charge is 0.374 e. The summed E-state index contributed by atoms with van der Waals surface area (Å²) in [7, 11) is 1.36. The van der Waals surface area contributed by atoms with E-state index in [4.69, 9.17) is 4.52 Å². The molecular weight excluding hydrogens is 439 g/mol. The predicted molar refractivity (Wildman–Crippen MR) is 113 cm³/mol. The molecule has 0 saturated heterocycles. The molecule has 3 aromatic rings. The number of aromatic nitrogens is 4. The largest absolute Gasteiger partial charge is 0.424 e. The third-order valence-electron chi connectivity index (χ3n) is 5.34. The van der Waals surface area contributed by atoms with E-state index in [1.54, 1.807) is 0 Å². The van der Waals surface area contributed by atoms with E-state index in [2.05, 4.69) is 34.3 Å². The van der Waals surface area contributed by atoms with Crippen LogP contribution in [0.2, 0.25) is 0 Å². The summed E-state index contributed by atoms with van der Waals surface area (Å²) in [6.07, 6.45) is -3.18. The molecular formula is C22H26F3N5O3. The standard InChI is InChI=1S/C22H26F3N5O3/c1-14(2)15-4-6-16(7-5-15)19-28-18(33-29-19)9-8-17(31)26-11-10-21(32,22(23,24)25)20-27-12-13-30(20)3/h4-7,12-14,32H,8-11H2,1-3H3,(H,26,31). The molecule has 0 aliphatic rings. The van der Waals surface area contributed by atoms with Gasteiger partial charge in [-0.15, -0.1) is 0 Å². The third-order valence-corrected chi connectivity index (χ3v) is 5.34. The van der Waals surface area contributed by atoms with Crippen molar-refractivity contribution in [1.82, 2.24) is 25.0 Å². The number of nitrogens with zero attached hydrogens (tertiary/aromatic N) is 4. The van der Waals surface area contributed by atoms with Crippen molar-refractivity contribution in [2.45, 2.75) is 50.8 Å². The van der Waals surface area contributed by atoms with Crippen LogP contribution in [0.3, 0.4) is 0 Å². The molecule has 0 fully saturated rings. The topological polar surface area (TPSA) is 106 Å². The summed E-state index contributed by atoms with van der Waals surface area (Å²) in [5.41, 5.74) is -1.22. The summed E-state index contributed by atoms with van der Waals surface area (Å²) in [4.78, 5) is 20.0. The maximum absolute atomic E-state index is 13.5. The Kier molecular flexibility index (Phi) is 7.21. The van der Waals surface area contributed by atoms with Gasteiger partial charge in [0, 0.05) is 50.8 Å². The van der Waals surface area contributed by atoms with Gasteiger partial charge in [0.25, 0.3) is 0 Å². The van der Waals surface area contributed by atoms with E-state index in [1.165, 1.54) is 25.0 Å². The second kappa shape index (κ2) is 9.74. The molecule has 3 rings (SSSR count). The van der Waals surface area contributed by atoms with Gasteiger partial charge in [0.1, 0.15) is 5.82 Å². The highest BCUT2D eigenvalue weighted by Crippen LogP contribution is 2.40. The fourth-order valence-electron chi connectivity index (χ4n) is 3.33. The zero-order valence-electron chi connectivity index (χ0n) is 18.6. The van der Waals surface area contributed by atoms with E-state index < -0.39 is 29.9 Å². The van der Waals surface area contributed by atoms with Gasteiger partial charge >= 0.3 is 6.18 Å². The first kappa shape index (κ1) is 24.4. The lowest BCUT2D eigenvalue weighted by molar-refractivity contribution is -0.272. The number of amides is 1. The van der Waals surface area contributed by atoms with Crippen molar-refractivity contribution in [3.05, 3.63) is 53.9 Å². The lowest BCUT2D eigenvalue weighted by atomic mass is 9.97. The van der Waals surface area contributed by atoms with Crippen LogP contribution in [0.4, 0.5) is 13.2 Å². The molecule has 0 bridgehead atoms. The van der Waals surface area contributed by atoms with Crippen molar-refractivity contribution in [2.75, 3.05) is 6.54 Å². The van der Waals surface area contributed by atoms with Gasteiger partial charge in [-0.25, -0.2) is 4.98 Å². The van der Waals surface area contributed by atoms with Gasteiger partial charge in [-0.1, -0.05) is 43.3 Å². The molecule has 0 aliphatic carbocycles. The normalized spacial score (nSPS) is 13.8. The molecule has 0 aliphatic heterocycles. The number of benzene rings is 1. The number of carbonyl (C=O) groups is 1. The molecule has 2 heterocycles. The second-order valence-electron chi connectivity index (χ2n) is 8.11. The van der Waals surface area contributed by atoms with E-state index >= 15 is 0 Å². The maximum atomic E-state index is 13.5. The predicted octanol–water partition coefficient (Wildman–Crippen LogP) is 3.48. The highest BCUT2D eigenvalue weighted by Gasteiger charge is 2.57. The van der Waals surface area contributed by atoms with Gasteiger partial charge in [-0.2, -0.15) is 18.2 Å². The van der Waals surface area contributed by atoms with Crippen molar-refractivity contribution in [1.29, 1.82) is 0 Å². The molecule has 2 aromatic heterocycles. The summed E-state index contributed by atoms with van der Waals surface area (Å²) in [5, 5.41) is 16.6. The monoisotopic (exact) mass is 465 g/mol. The Labute approximate surface area is 188 Å². The molecule has 11 heteroatoms. The van der Waals surface area contributed by atoms with Crippen molar-refractivity contribution in [2.24, 2.45) is 7.05 Å². The van der Waals surface area contributed by atoms with Crippen LogP contribution in [0.5, 0.6) is 0 Å². The van der Waals surface area contributed by atoms with Crippen LogP contribution in [0.15, 0.2) is 41.2 Å². The van der Waals surface area contributed by atoms with Gasteiger partial charge in [-0.05, 0) is 11.5 Å². The zero-order chi connectivity index (χ0) is 24.2. The first-order chi connectivity index (χ1) is 15.5. The van der Waals surface area contributed by atoms with Crippen molar-refractivity contribution in [3.63, 3.8) is 0 Å². The lowest BCUT2D eigenvalue weighted by Crippen LogP contribution is -2.46. The summed E-state index contributed by atoms with van der Waals surface area (Å²) in [5.74, 6) is -0.00220. The molecule has 33 heavy (non-hydrogen) atoms. The van der Waals surface area contributed by atoms with Gasteiger partial charge in [0.15, 0.2) is 0 Å². The molecule has 1 amide bonds. The quantitative estimate of drug-likeness (QED) is 0.501. The van der Waals surface area contributed by atoms with Crippen LogP contribution < -0.4 is 5.32 Å². The van der Waals surface area contributed by atoms with Gasteiger partial charge in [0.05, 0.1) is 0 Å². The number of imidazole rings is 1. The average molecular weight is 465 g/mol. The number of nitrogens with one attached hydrogen (secondary N) is 1. The van der Waals surface area contributed by atoms with Crippen LogP contribution >= 0.6 is 0 Å². The number of halogens is 3. The van der Waals surface area contributed by atoms with Gasteiger partial charge < -0.3 is 19.5 Å². The molecule has 1 atom stereocenters. The minimum Gasteiger partial charge on any atom is -0.374 e. The van der Waals surface area contributed by atoms with Gasteiger partial charge in [-0.3, -0.25) is 4.79 Å². The number of carbonyl (C=O) groups excluding carboxylic acids is 1. The Morgan fingerprint density at radius 3 is 2.52 bits per heavy atom. The molecule has 178 valence electrons. The Hall–Kier alpha value is -3.21. The van der Waals surface area contributed by atoms with Gasteiger partial charge in [0.2, 0.25) is 23.2 Å². The fourth-order valence-corrected chi connectivity index (χ4v) is 3.33. The minimum atomic E-state index is -4.95. The first-order valence-corrected chi connectivity index (χ1v) is 10.5. The molecule has 0 saturated carbocycles. The summed E-state index contributed by atoms with van der Waals surface area (Å²) in [6, 6.07) is 7.74. The van der Waals surface area contributed by atoms with E-state index in [9.17, 15) is 23.1 Å². The molecule has 1 aromatic carbocycles. The van der Waals surface area contributed by atoms with E-state index in [0.29, 0.717) is 11.7 Å². The highest BCUT2D eigenvalue weighted by molar-refractivity contribution is 5.76. The van der Waals surface area contributed by atoms with Crippen LogP contribution in [0.1, 0.15) is 49.9 Å². The average Bonchev–Trinajstić information content (AvgIpc) is 3.40. The van der Waals surface area contributed by atoms with Crippen LogP contribution in [0, 0.1) is 0 Å². The van der Waals surface area contributed by atoms with Crippen LogP contribution in [-0.4, -0.2) is 43.4 Å². The third kappa shape index (κ3) is 5.59. The SMILES string of the molecule is CC(C)c1ccc(-c2noc(CCC(=O)NCCC(O)(c3nccn3C)C(F)(F)F)n2)cc1. The summed E-state index contributed by atoms with van der Waals surface area (Å²) < 4.78 is 46.8. The van der Waals surface area contributed by atoms with Crippen molar-refractivity contribution in [3.8, 4) is 11.4 Å².